The molecule has 142 valence electrons. The summed E-state index contributed by atoms with van der Waals surface area (Å²) in [5, 5.41) is 4.75. The summed E-state index contributed by atoms with van der Waals surface area (Å²) >= 11 is 1.56. The maximum Gasteiger partial charge on any atom is 0.255 e. The van der Waals surface area contributed by atoms with Gasteiger partial charge in [0.1, 0.15) is 0 Å². The minimum Gasteiger partial charge on any atom is -0.322 e. The molecule has 2 aromatic carbocycles. The number of hydrogen-bond donors (Lipinski definition) is 1. The number of carbonyl (C=O) groups is 1. The van der Waals surface area contributed by atoms with Crippen molar-refractivity contribution in [2.75, 3.05) is 19.4 Å². The van der Waals surface area contributed by atoms with Gasteiger partial charge >= 0.3 is 0 Å². The summed E-state index contributed by atoms with van der Waals surface area (Å²) in [5.41, 5.74) is 1.62. The first-order valence-corrected chi connectivity index (χ1v) is 10.7. The number of nitrogens with one attached hydrogen (secondary N) is 1. The summed E-state index contributed by atoms with van der Waals surface area (Å²) < 4.78 is 25.6. The van der Waals surface area contributed by atoms with Crippen molar-refractivity contribution in [3.63, 3.8) is 0 Å². The molecule has 0 aliphatic rings. The van der Waals surface area contributed by atoms with Gasteiger partial charge in [-0.1, -0.05) is 30.0 Å². The first kappa shape index (κ1) is 19.8. The molecule has 3 aromatic rings. The molecule has 1 amide bonds. The summed E-state index contributed by atoms with van der Waals surface area (Å²) in [6.45, 7) is 0. The van der Waals surface area contributed by atoms with Gasteiger partial charge < -0.3 is 5.32 Å². The van der Waals surface area contributed by atoms with E-state index in [4.69, 9.17) is 0 Å². The van der Waals surface area contributed by atoms with Gasteiger partial charge in [-0.15, -0.1) is 11.3 Å². The molecule has 0 atom stereocenters. The van der Waals surface area contributed by atoms with Gasteiger partial charge in [0.15, 0.2) is 0 Å². The molecule has 5 nitrogen and oxygen atoms in total. The van der Waals surface area contributed by atoms with E-state index in [1.54, 1.807) is 41.7 Å². The van der Waals surface area contributed by atoms with Crippen molar-refractivity contribution in [1.82, 2.24) is 4.31 Å². The van der Waals surface area contributed by atoms with Gasteiger partial charge in [0.05, 0.1) is 9.77 Å². The van der Waals surface area contributed by atoms with E-state index in [-0.39, 0.29) is 16.4 Å². The highest BCUT2D eigenvalue weighted by Gasteiger charge is 2.18. The topological polar surface area (TPSA) is 66.5 Å². The number of sulfonamides is 1. The quantitative estimate of drug-likeness (QED) is 0.668. The molecule has 0 radical (unpaired) electrons. The van der Waals surface area contributed by atoms with Gasteiger partial charge in [0, 0.05) is 30.9 Å². The highest BCUT2D eigenvalue weighted by molar-refractivity contribution is 7.89. The molecule has 0 spiro atoms. The zero-order valence-corrected chi connectivity index (χ0v) is 17.0. The molecule has 0 fully saturated rings. The van der Waals surface area contributed by atoms with Crippen molar-refractivity contribution in [1.29, 1.82) is 0 Å². The van der Waals surface area contributed by atoms with Gasteiger partial charge in [-0.05, 0) is 47.8 Å². The van der Waals surface area contributed by atoms with E-state index in [0.717, 1.165) is 14.7 Å². The van der Waals surface area contributed by atoms with E-state index >= 15 is 0 Å². The molecule has 1 aromatic heterocycles. The highest BCUT2D eigenvalue weighted by Crippen LogP contribution is 2.17. The summed E-state index contributed by atoms with van der Waals surface area (Å²) in [6.07, 6.45) is 0. The van der Waals surface area contributed by atoms with Crippen molar-refractivity contribution in [2.24, 2.45) is 0 Å². The zero-order chi connectivity index (χ0) is 20.1. The van der Waals surface area contributed by atoms with E-state index in [2.05, 4.69) is 17.2 Å². The number of rotatable bonds is 4. The van der Waals surface area contributed by atoms with Gasteiger partial charge in [-0.2, -0.15) is 0 Å². The average Bonchev–Trinajstić information content (AvgIpc) is 3.20. The largest absolute Gasteiger partial charge is 0.322 e. The molecule has 7 heteroatoms. The van der Waals surface area contributed by atoms with Crippen LogP contribution in [-0.2, 0) is 10.0 Å². The van der Waals surface area contributed by atoms with Crippen LogP contribution in [0.25, 0.3) is 0 Å². The molecule has 0 saturated carbocycles. The summed E-state index contributed by atoms with van der Waals surface area (Å²) in [4.78, 5) is 13.6. The molecule has 3 rings (SSSR count). The minimum absolute atomic E-state index is 0.0701. The van der Waals surface area contributed by atoms with E-state index in [1.807, 2.05) is 23.6 Å². The Balaban J connectivity index is 1.79. The predicted octanol–water partition coefficient (Wildman–Crippen LogP) is 3.65. The number of amides is 1. The Kier molecular flexibility index (Phi) is 5.95. The SMILES string of the molecule is CN(C)S(=O)(=O)c1cccc(C(=O)Nc2cccc(C#Cc3cccs3)c2)c1. The van der Waals surface area contributed by atoms with Crippen LogP contribution in [0.5, 0.6) is 0 Å². The number of nitrogens with zero attached hydrogens (tertiary/aromatic N) is 1. The Labute approximate surface area is 168 Å². The summed E-state index contributed by atoms with van der Waals surface area (Å²) in [7, 11) is -0.707. The predicted molar refractivity (Wildman–Crippen MR) is 112 cm³/mol. The Morgan fingerprint density at radius 3 is 2.50 bits per heavy atom. The molecule has 0 bridgehead atoms. The Morgan fingerprint density at radius 1 is 1.00 bits per heavy atom. The second-order valence-electron chi connectivity index (χ2n) is 6.08. The second kappa shape index (κ2) is 8.40. The lowest BCUT2D eigenvalue weighted by molar-refractivity contribution is 0.102. The Bertz CT molecular complexity index is 1160. The molecule has 1 heterocycles. The number of hydrogen-bond acceptors (Lipinski definition) is 4. The van der Waals surface area contributed by atoms with Gasteiger partial charge in [-0.25, -0.2) is 12.7 Å². The van der Waals surface area contributed by atoms with Crippen LogP contribution in [0.1, 0.15) is 20.8 Å². The third-order valence-electron chi connectivity index (χ3n) is 3.85. The van der Waals surface area contributed by atoms with Crippen molar-refractivity contribution >= 4 is 33.0 Å². The van der Waals surface area contributed by atoms with Crippen molar-refractivity contribution in [3.8, 4) is 11.8 Å². The molecular weight excluding hydrogens is 392 g/mol. The molecule has 0 saturated heterocycles. The highest BCUT2D eigenvalue weighted by atomic mass is 32.2. The van der Waals surface area contributed by atoms with Crippen LogP contribution >= 0.6 is 11.3 Å². The third-order valence-corrected chi connectivity index (χ3v) is 6.44. The zero-order valence-electron chi connectivity index (χ0n) is 15.3. The molecule has 1 N–H and O–H groups in total. The fourth-order valence-electron chi connectivity index (χ4n) is 2.37. The number of carbonyl (C=O) groups excluding carboxylic acids is 1. The lowest BCUT2D eigenvalue weighted by Gasteiger charge is -2.12. The first-order chi connectivity index (χ1) is 13.4. The second-order valence-corrected chi connectivity index (χ2v) is 9.18. The Hall–Kier alpha value is -2.92. The smallest absolute Gasteiger partial charge is 0.255 e. The van der Waals surface area contributed by atoms with Crippen LogP contribution in [0.2, 0.25) is 0 Å². The fourth-order valence-corrected chi connectivity index (χ4v) is 3.89. The molecule has 0 aliphatic heterocycles. The molecule has 0 aliphatic carbocycles. The van der Waals surface area contributed by atoms with Crippen LogP contribution < -0.4 is 5.32 Å². The van der Waals surface area contributed by atoms with Crippen molar-refractivity contribution in [2.45, 2.75) is 4.90 Å². The molecule has 0 unspecified atom stereocenters. The molecule has 28 heavy (non-hydrogen) atoms. The van der Waals surface area contributed by atoms with Gasteiger partial charge in [0.25, 0.3) is 5.91 Å². The lowest BCUT2D eigenvalue weighted by atomic mass is 10.1. The van der Waals surface area contributed by atoms with E-state index < -0.39 is 10.0 Å². The van der Waals surface area contributed by atoms with Crippen molar-refractivity contribution in [3.05, 3.63) is 82.0 Å². The number of thiophene rings is 1. The van der Waals surface area contributed by atoms with Gasteiger partial charge in [-0.3, -0.25) is 4.79 Å². The maximum absolute atomic E-state index is 12.6. The van der Waals surface area contributed by atoms with Crippen LogP contribution in [0, 0.1) is 11.8 Å². The van der Waals surface area contributed by atoms with Gasteiger partial charge in [0.2, 0.25) is 10.0 Å². The summed E-state index contributed by atoms with van der Waals surface area (Å²) in [5.74, 6) is 5.75. The number of benzene rings is 2. The first-order valence-electron chi connectivity index (χ1n) is 8.36. The van der Waals surface area contributed by atoms with Crippen LogP contribution in [0.4, 0.5) is 5.69 Å². The van der Waals surface area contributed by atoms with Crippen molar-refractivity contribution < 1.29 is 13.2 Å². The summed E-state index contributed by atoms with van der Waals surface area (Å²) in [6, 6.07) is 17.0. The average molecular weight is 411 g/mol. The fraction of sp³-hybridized carbons (Fsp3) is 0.0952. The Morgan fingerprint density at radius 2 is 1.79 bits per heavy atom. The molecular formula is C21H18N2O3S2. The monoisotopic (exact) mass is 410 g/mol. The standard InChI is InChI=1S/C21H18N2O3S2/c1-23(2)28(25,26)20-10-4-7-17(15-20)21(24)22-18-8-3-6-16(14-18)11-12-19-9-5-13-27-19/h3-10,13-15H,1-2H3,(H,22,24). The van der Waals surface area contributed by atoms with E-state index in [1.165, 1.54) is 26.2 Å². The van der Waals surface area contributed by atoms with E-state index in [0.29, 0.717) is 5.69 Å². The minimum atomic E-state index is -3.61. The van der Waals surface area contributed by atoms with Crippen LogP contribution in [0.3, 0.4) is 0 Å². The maximum atomic E-state index is 12.6. The van der Waals surface area contributed by atoms with Crippen LogP contribution in [0.15, 0.2) is 70.9 Å². The normalized spacial score (nSPS) is 11.0. The van der Waals surface area contributed by atoms with E-state index in [9.17, 15) is 13.2 Å². The van der Waals surface area contributed by atoms with Crippen LogP contribution in [-0.4, -0.2) is 32.7 Å². The lowest BCUT2D eigenvalue weighted by Crippen LogP contribution is -2.22. The number of anilines is 1. The third kappa shape index (κ3) is 4.67.